The Balaban J connectivity index is 1.99. The van der Waals surface area contributed by atoms with E-state index in [0.717, 1.165) is 16.6 Å². The molecular formula is C21H17N3O2. The van der Waals surface area contributed by atoms with Crippen molar-refractivity contribution in [1.82, 2.24) is 10.3 Å². The quantitative estimate of drug-likeness (QED) is 0.431. The largest absolute Gasteiger partial charge is 0.358 e. The van der Waals surface area contributed by atoms with Crippen LogP contribution in [-0.4, -0.2) is 23.7 Å². The number of aryl methyl sites for hydroxylation is 1. The third kappa shape index (κ3) is 3.13. The second-order valence-corrected chi connectivity index (χ2v) is 5.87. The van der Waals surface area contributed by atoms with E-state index in [0.29, 0.717) is 16.7 Å². The molecule has 0 bridgehead atoms. The average Bonchev–Trinajstić information content (AvgIpc) is 3.01. The number of amides is 1. The Kier molecular flexibility index (Phi) is 4.68. The molecule has 0 radical (unpaired) electrons. The molecule has 0 saturated carbocycles. The van der Waals surface area contributed by atoms with Crippen LogP contribution in [0.2, 0.25) is 0 Å². The number of Topliss-reactive ketones (excluding diaryl/α,β-unsaturated/α-hetero) is 1. The fraction of sp³-hybridized carbons (Fsp3) is 0.0952. The predicted molar refractivity (Wildman–Crippen MR) is 101 cm³/mol. The number of rotatable bonds is 4. The summed E-state index contributed by atoms with van der Waals surface area (Å²) in [6.07, 6.45) is 1.54. The molecule has 1 heterocycles. The number of hydrogen-bond acceptors (Lipinski definition) is 3. The van der Waals surface area contributed by atoms with Crippen LogP contribution in [0.3, 0.4) is 0 Å². The molecule has 2 aromatic carbocycles. The number of hydrogen-bond donors (Lipinski definition) is 2. The van der Waals surface area contributed by atoms with E-state index < -0.39 is 0 Å². The van der Waals surface area contributed by atoms with E-state index >= 15 is 0 Å². The van der Waals surface area contributed by atoms with Crippen LogP contribution in [0.5, 0.6) is 0 Å². The number of para-hydroxylation sites is 1. The summed E-state index contributed by atoms with van der Waals surface area (Å²) in [5.74, 6) is -0.510. The molecule has 0 saturated heterocycles. The Morgan fingerprint density at radius 3 is 2.46 bits per heavy atom. The lowest BCUT2D eigenvalue weighted by atomic mass is 9.99. The van der Waals surface area contributed by atoms with Crippen molar-refractivity contribution in [2.45, 2.75) is 6.92 Å². The number of allylic oxidation sites excluding steroid dienone is 1. The van der Waals surface area contributed by atoms with Gasteiger partial charge in [-0.1, -0.05) is 30.3 Å². The van der Waals surface area contributed by atoms with E-state index in [1.807, 2.05) is 37.3 Å². The van der Waals surface area contributed by atoms with Crippen LogP contribution in [0.25, 0.3) is 17.0 Å². The monoisotopic (exact) mass is 343 g/mol. The van der Waals surface area contributed by atoms with Crippen molar-refractivity contribution in [3.63, 3.8) is 0 Å². The Labute approximate surface area is 151 Å². The zero-order valence-corrected chi connectivity index (χ0v) is 14.5. The van der Waals surface area contributed by atoms with Gasteiger partial charge in [0, 0.05) is 29.2 Å². The van der Waals surface area contributed by atoms with Gasteiger partial charge in [0.25, 0.3) is 5.91 Å². The topological polar surface area (TPSA) is 85.8 Å². The maximum Gasteiger partial charge on any atom is 0.251 e. The number of benzene rings is 2. The summed E-state index contributed by atoms with van der Waals surface area (Å²) in [4.78, 5) is 27.7. The van der Waals surface area contributed by atoms with Crippen LogP contribution in [0.4, 0.5) is 0 Å². The number of carbonyl (C=O) groups excluding carboxylic acids is 2. The maximum absolute atomic E-state index is 12.9. The van der Waals surface area contributed by atoms with Gasteiger partial charge in [0.2, 0.25) is 5.78 Å². The number of nitrogens with one attached hydrogen (secondary N) is 2. The van der Waals surface area contributed by atoms with Crippen molar-refractivity contribution in [1.29, 1.82) is 5.26 Å². The first-order chi connectivity index (χ1) is 12.5. The Bertz CT molecular complexity index is 1070. The highest BCUT2D eigenvalue weighted by Crippen LogP contribution is 2.25. The summed E-state index contributed by atoms with van der Waals surface area (Å²) in [6, 6.07) is 16.2. The van der Waals surface area contributed by atoms with Crippen molar-refractivity contribution < 1.29 is 9.59 Å². The van der Waals surface area contributed by atoms with E-state index in [1.165, 1.54) is 6.08 Å². The molecule has 1 aromatic heterocycles. The van der Waals surface area contributed by atoms with Gasteiger partial charge >= 0.3 is 0 Å². The van der Waals surface area contributed by atoms with Crippen LogP contribution in [-0.2, 0) is 0 Å². The molecule has 2 N–H and O–H groups in total. The van der Waals surface area contributed by atoms with Gasteiger partial charge in [0.1, 0.15) is 11.6 Å². The summed E-state index contributed by atoms with van der Waals surface area (Å²) in [6.45, 7) is 1.82. The van der Waals surface area contributed by atoms with E-state index in [1.54, 1.807) is 31.3 Å². The first-order valence-corrected chi connectivity index (χ1v) is 8.11. The third-order valence-corrected chi connectivity index (χ3v) is 4.20. The lowest BCUT2D eigenvalue weighted by Gasteiger charge is -2.02. The standard InChI is InChI=1S/C21H17N3O2/c1-13-19(17-5-3-4-6-18(17)24-13)20(25)16(12-22)11-14-7-9-15(10-8-14)21(26)23-2/h3-11,24H,1-2H3,(H,23,26)/b16-11-. The average molecular weight is 343 g/mol. The molecule has 1 amide bonds. The molecule has 0 unspecified atom stereocenters. The normalized spacial score (nSPS) is 11.2. The van der Waals surface area contributed by atoms with Crippen LogP contribution in [0.15, 0.2) is 54.1 Å². The highest BCUT2D eigenvalue weighted by molar-refractivity contribution is 6.20. The minimum absolute atomic E-state index is 0.0468. The van der Waals surface area contributed by atoms with Gasteiger partial charge < -0.3 is 10.3 Å². The molecule has 5 heteroatoms. The molecule has 0 aliphatic carbocycles. The maximum atomic E-state index is 12.9. The number of nitriles is 1. The molecule has 0 spiro atoms. The molecular weight excluding hydrogens is 326 g/mol. The molecule has 26 heavy (non-hydrogen) atoms. The smallest absolute Gasteiger partial charge is 0.251 e. The zero-order chi connectivity index (χ0) is 18.7. The van der Waals surface area contributed by atoms with Gasteiger partial charge in [-0.3, -0.25) is 9.59 Å². The van der Waals surface area contributed by atoms with Crippen LogP contribution in [0, 0.1) is 18.3 Å². The fourth-order valence-electron chi connectivity index (χ4n) is 2.89. The molecule has 128 valence electrons. The molecule has 0 fully saturated rings. The number of carbonyl (C=O) groups is 2. The molecule has 3 aromatic rings. The lowest BCUT2D eigenvalue weighted by Crippen LogP contribution is -2.17. The van der Waals surface area contributed by atoms with Crippen molar-refractivity contribution in [3.8, 4) is 6.07 Å². The lowest BCUT2D eigenvalue weighted by molar-refractivity contribution is 0.0962. The molecule has 0 atom stereocenters. The molecule has 0 aliphatic heterocycles. The number of aromatic amines is 1. The molecule has 3 rings (SSSR count). The minimum Gasteiger partial charge on any atom is -0.358 e. The van der Waals surface area contributed by atoms with E-state index in [4.69, 9.17) is 0 Å². The van der Waals surface area contributed by atoms with Crippen molar-refractivity contribution in [2.75, 3.05) is 7.05 Å². The summed E-state index contributed by atoms with van der Waals surface area (Å²) in [5, 5.41) is 12.8. The van der Waals surface area contributed by atoms with Gasteiger partial charge in [-0.2, -0.15) is 5.26 Å². The van der Waals surface area contributed by atoms with Crippen molar-refractivity contribution >= 4 is 28.7 Å². The fourth-order valence-corrected chi connectivity index (χ4v) is 2.89. The highest BCUT2D eigenvalue weighted by Gasteiger charge is 2.19. The van der Waals surface area contributed by atoms with E-state index in [2.05, 4.69) is 10.3 Å². The zero-order valence-electron chi connectivity index (χ0n) is 14.5. The van der Waals surface area contributed by atoms with Crippen LogP contribution in [0.1, 0.15) is 32.0 Å². The number of aromatic nitrogens is 1. The van der Waals surface area contributed by atoms with Crippen LogP contribution >= 0.6 is 0 Å². The number of ketones is 1. The van der Waals surface area contributed by atoms with Gasteiger partial charge in [0.05, 0.1) is 5.56 Å². The number of H-pyrrole nitrogens is 1. The third-order valence-electron chi connectivity index (χ3n) is 4.20. The number of nitrogens with zero attached hydrogens (tertiary/aromatic N) is 1. The predicted octanol–water partition coefficient (Wildman–Crippen LogP) is 3.63. The SMILES string of the molecule is CNC(=O)c1ccc(/C=C(/C#N)C(=O)c2c(C)[nH]c3ccccc23)cc1. The Morgan fingerprint density at radius 1 is 1.12 bits per heavy atom. The minimum atomic E-state index is -0.321. The Hall–Kier alpha value is -3.65. The van der Waals surface area contributed by atoms with Gasteiger partial charge in [-0.05, 0) is 36.8 Å². The second kappa shape index (κ2) is 7.08. The summed E-state index contributed by atoms with van der Waals surface area (Å²) < 4.78 is 0. The summed E-state index contributed by atoms with van der Waals surface area (Å²) >= 11 is 0. The van der Waals surface area contributed by atoms with Crippen molar-refractivity contribution in [2.24, 2.45) is 0 Å². The van der Waals surface area contributed by atoms with Gasteiger partial charge in [-0.25, -0.2) is 0 Å². The van der Waals surface area contributed by atoms with Crippen LogP contribution < -0.4 is 5.32 Å². The first kappa shape index (κ1) is 17.2. The van der Waals surface area contributed by atoms with Gasteiger partial charge in [-0.15, -0.1) is 0 Å². The van der Waals surface area contributed by atoms with E-state index in [9.17, 15) is 14.9 Å². The molecule has 0 aliphatic rings. The van der Waals surface area contributed by atoms with E-state index in [-0.39, 0.29) is 17.3 Å². The highest BCUT2D eigenvalue weighted by atomic mass is 16.1. The summed E-state index contributed by atoms with van der Waals surface area (Å²) in [7, 11) is 1.56. The first-order valence-electron chi connectivity index (χ1n) is 8.11. The summed E-state index contributed by atoms with van der Waals surface area (Å²) in [5.41, 5.74) is 3.34. The molecule has 5 nitrogen and oxygen atoms in total. The number of fused-ring (bicyclic) bond motifs is 1. The second-order valence-electron chi connectivity index (χ2n) is 5.87. The Morgan fingerprint density at radius 2 is 1.81 bits per heavy atom. The van der Waals surface area contributed by atoms with Crippen molar-refractivity contribution in [3.05, 3.63) is 76.5 Å². The van der Waals surface area contributed by atoms with Gasteiger partial charge in [0.15, 0.2) is 0 Å².